The fourth-order valence-electron chi connectivity index (χ4n) is 3.22. The van der Waals surface area contributed by atoms with Crippen molar-refractivity contribution >= 4 is 5.91 Å². The molecule has 1 atom stereocenters. The molecule has 128 valence electrons. The number of hydrogen-bond donors (Lipinski definition) is 0. The van der Waals surface area contributed by atoms with Crippen LogP contribution in [0, 0.1) is 5.92 Å². The van der Waals surface area contributed by atoms with E-state index >= 15 is 0 Å². The molecule has 5 heteroatoms. The average Bonchev–Trinajstić information content (AvgIpc) is 3.13. The van der Waals surface area contributed by atoms with Crippen molar-refractivity contribution in [3.05, 3.63) is 49.1 Å². The molecule has 1 aromatic carbocycles. The Morgan fingerprint density at radius 2 is 2.17 bits per heavy atom. The Bertz CT molecular complexity index is 613. The van der Waals surface area contributed by atoms with Crippen molar-refractivity contribution < 1.29 is 9.53 Å². The predicted octanol–water partition coefficient (Wildman–Crippen LogP) is 2.98. The molecular formula is C19H25N3O2. The van der Waals surface area contributed by atoms with Crippen molar-refractivity contribution in [1.29, 1.82) is 0 Å². The van der Waals surface area contributed by atoms with Crippen molar-refractivity contribution in [2.45, 2.75) is 32.2 Å². The minimum absolute atomic E-state index is 0.252. The summed E-state index contributed by atoms with van der Waals surface area (Å²) < 4.78 is 7.76. The van der Waals surface area contributed by atoms with E-state index in [1.807, 2.05) is 47.8 Å². The third-order valence-corrected chi connectivity index (χ3v) is 4.45. The van der Waals surface area contributed by atoms with Crippen LogP contribution in [0.25, 0.3) is 0 Å². The molecule has 2 aromatic rings. The zero-order valence-electron chi connectivity index (χ0n) is 14.0. The van der Waals surface area contributed by atoms with Crippen LogP contribution in [0.3, 0.4) is 0 Å². The summed E-state index contributed by atoms with van der Waals surface area (Å²) in [5, 5.41) is 0. The summed E-state index contributed by atoms with van der Waals surface area (Å²) in [5.74, 6) is 1.64. The van der Waals surface area contributed by atoms with Crippen molar-refractivity contribution in [2.24, 2.45) is 5.92 Å². The molecule has 24 heavy (non-hydrogen) atoms. The normalized spacial score (nSPS) is 17.7. The molecule has 0 radical (unpaired) electrons. The number of amides is 1. The molecule has 3 rings (SSSR count). The lowest BCUT2D eigenvalue weighted by molar-refractivity contribution is -0.133. The topological polar surface area (TPSA) is 47.4 Å². The van der Waals surface area contributed by atoms with Crippen molar-refractivity contribution in [3.8, 4) is 5.75 Å². The first-order chi connectivity index (χ1) is 11.8. The van der Waals surface area contributed by atoms with Gasteiger partial charge in [0.25, 0.3) is 0 Å². The maximum atomic E-state index is 12.4. The van der Waals surface area contributed by atoms with Crippen LogP contribution in [0.4, 0.5) is 0 Å². The lowest BCUT2D eigenvalue weighted by Crippen LogP contribution is -2.41. The Labute approximate surface area is 143 Å². The fourth-order valence-corrected chi connectivity index (χ4v) is 3.22. The Balaban J connectivity index is 1.38. The van der Waals surface area contributed by atoms with E-state index in [-0.39, 0.29) is 5.91 Å². The molecular weight excluding hydrogens is 302 g/mol. The van der Waals surface area contributed by atoms with Gasteiger partial charge in [0.15, 0.2) is 0 Å². The smallest absolute Gasteiger partial charge is 0.222 e. The van der Waals surface area contributed by atoms with E-state index in [0.29, 0.717) is 18.9 Å². The third kappa shape index (κ3) is 4.85. The standard InChI is InChI=1S/C19H25N3O2/c23-19(9-5-13-24-18-7-2-1-3-8-18)22-11-4-6-17(15-22)14-21-12-10-20-16-21/h1-3,7-8,10,12,16-17H,4-6,9,11,13-15H2/t17-/m1/s1. The zero-order chi connectivity index (χ0) is 16.6. The molecule has 1 saturated heterocycles. The first-order valence-electron chi connectivity index (χ1n) is 8.72. The highest BCUT2D eigenvalue weighted by Crippen LogP contribution is 2.19. The molecule has 2 heterocycles. The van der Waals surface area contributed by atoms with Gasteiger partial charge < -0.3 is 14.2 Å². The minimum atomic E-state index is 0.252. The van der Waals surface area contributed by atoms with E-state index in [1.54, 1.807) is 6.20 Å². The number of hydrogen-bond acceptors (Lipinski definition) is 3. The number of imidazole rings is 1. The second kappa shape index (κ2) is 8.52. The van der Waals surface area contributed by atoms with E-state index in [2.05, 4.69) is 9.55 Å². The Morgan fingerprint density at radius 3 is 2.96 bits per heavy atom. The van der Waals surface area contributed by atoms with E-state index in [9.17, 15) is 4.79 Å². The van der Waals surface area contributed by atoms with Crippen molar-refractivity contribution in [3.63, 3.8) is 0 Å². The van der Waals surface area contributed by atoms with E-state index in [4.69, 9.17) is 4.74 Å². The molecule has 0 spiro atoms. The van der Waals surface area contributed by atoms with Gasteiger partial charge >= 0.3 is 0 Å². The molecule has 0 aliphatic carbocycles. The number of nitrogens with zero attached hydrogens (tertiary/aromatic N) is 3. The average molecular weight is 327 g/mol. The molecule has 1 aliphatic heterocycles. The van der Waals surface area contributed by atoms with Crippen LogP contribution in [-0.4, -0.2) is 40.1 Å². The number of para-hydroxylation sites is 1. The molecule has 5 nitrogen and oxygen atoms in total. The highest BCUT2D eigenvalue weighted by atomic mass is 16.5. The van der Waals surface area contributed by atoms with Gasteiger partial charge in [-0.05, 0) is 37.3 Å². The van der Waals surface area contributed by atoms with E-state index in [0.717, 1.165) is 38.2 Å². The molecule has 1 aliphatic rings. The Hall–Kier alpha value is -2.30. The molecule has 1 amide bonds. The van der Waals surface area contributed by atoms with Gasteiger partial charge in [-0.3, -0.25) is 4.79 Å². The van der Waals surface area contributed by atoms with Crippen LogP contribution >= 0.6 is 0 Å². The maximum Gasteiger partial charge on any atom is 0.222 e. The highest BCUT2D eigenvalue weighted by Gasteiger charge is 2.23. The minimum Gasteiger partial charge on any atom is -0.494 e. The second-order valence-electron chi connectivity index (χ2n) is 6.37. The molecule has 0 unspecified atom stereocenters. The summed E-state index contributed by atoms with van der Waals surface area (Å²) in [5.41, 5.74) is 0. The number of carbonyl (C=O) groups is 1. The molecule has 1 fully saturated rings. The Morgan fingerprint density at radius 1 is 1.29 bits per heavy atom. The zero-order valence-corrected chi connectivity index (χ0v) is 14.0. The van der Waals surface area contributed by atoms with Crippen LogP contribution in [0.1, 0.15) is 25.7 Å². The maximum absolute atomic E-state index is 12.4. The number of ether oxygens (including phenoxy) is 1. The lowest BCUT2D eigenvalue weighted by Gasteiger charge is -2.33. The van der Waals surface area contributed by atoms with E-state index < -0.39 is 0 Å². The summed E-state index contributed by atoms with van der Waals surface area (Å²) in [6.07, 6.45) is 9.23. The summed E-state index contributed by atoms with van der Waals surface area (Å²) >= 11 is 0. The number of benzene rings is 1. The van der Waals surface area contributed by atoms with Gasteiger partial charge in [0.1, 0.15) is 5.75 Å². The van der Waals surface area contributed by atoms with Crippen molar-refractivity contribution in [1.82, 2.24) is 14.5 Å². The monoisotopic (exact) mass is 327 g/mol. The number of likely N-dealkylation sites (tertiary alicyclic amines) is 1. The first kappa shape index (κ1) is 16.6. The van der Waals surface area contributed by atoms with Gasteiger partial charge in [-0.25, -0.2) is 4.98 Å². The largest absolute Gasteiger partial charge is 0.494 e. The van der Waals surface area contributed by atoms with Gasteiger partial charge in [-0.15, -0.1) is 0 Å². The Kier molecular flexibility index (Phi) is 5.88. The van der Waals surface area contributed by atoms with Gasteiger partial charge in [-0.1, -0.05) is 18.2 Å². The van der Waals surface area contributed by atoms with Crippen LogP contribution in [0.15, 0.2) is 49.1 Å². The van der Waals surface area contributed by atoms with Crippen LogP contribution < -0.4 is 4.74 Å². The lowest BCUT2D eigenvalue weighted by atomic mass is 9.97. The van der Waals surface area contributed by atoms with Crippen LogP contribution in [0.5, 0.6) is 5.75 Å². The fraction of sp³-hybridized carbons (Fsp3) is 0.474. The first-order valence-corrected chi connectivity index (χ1v) is 8.72. The molecule has 0 saturated carbocycles. The SMILES string of the molecule is O=C(CCCOc1ccccc1)N1CCC[C@H](Cn2ccnc2)C1. The van der Waals surface area contributed by atoms with Crippen LogP contribution in [-0.2, 0) is 11.3 Å². The summed E-state index contributed by atoms with van der Waals surface area (Å²) in [4.78, 5) is 18.5. The van der Waals surface area contributed by atoms with Gasteiger partial charge in [0, 0.05) is 38.4 Å². The summed E-state index contributed by atoms with van der Waals surface area (Å²) in [6.45, 7) is 3.28. The number of rotatable bonds is 7. The quantitative estimate of drug-likeness (QED) is 0.735. The van der Waals surface area contributed by atoms with Crippen molar-refractivity contribution in [2.75, 3.05) is 19.7 Å². The van der Waals surface area contributed by atoms with Gasteiger partial charge in [-0.2, -0.15) is 0 Å². The van der Waals surface area contributed by atoms with Gasteiger partial charge in [0.2, 0.25) is 5.91 Å². The number of carbonyl (C=O) groups excluding carboxylic acids is 1. The third-order valence-electron chi connectivity index (χ3n) is 4.45. The summed E-state index contributed by atoms with van der Waals surface area (Å²) in [7, 11) is 0. The molecule has 0 N–H and O–H groups in total. The predicted molar refractivity (Wildman–Crippen MR) is 92.7 cm³/mol. The number of aromatic nitrogens is 2. The highest BCUT2D eigenvalue weighted by molar-refractivity contribution is 5.76. The van der Waals surface area contributed by atoms with E-state index in [1.165, 1.54) is 6.42 Å². The van der Waals surface area contributed by atoms with Gasteiger partial charge in [0.05, 0.1) is 12.9 Å². The molecule has 0 bridgehead atoms. The number of piperidine rings is 1. The molecule has 1 aromatic heterocycles. The second-order valence-corrected chi connectivity index (χ2v) is 6.37. The summed E-state index contributed by atoms with van der Waals surface area (Å²) in [6, 6.07) is 9.75. The van der Waals surface area contributed by atoms with Crippen LogP contribution in [0.2, 0.25) is 0 Å².